The molecule has 0 saturated carbocycles. The quantitative estimate of drug-likeness (QED) is 0.653. The van der Waals surface area contributed by atoms with Gasteiger partial charge in [-0.05, 0) is 22.9 Å². The van der Waals surface area contributed by atoms with Crippen LogP contribution in [0.1, 0.15) is 6.92 Å². The van der Waals surface area contributed by atoms with Crippen molar-refractivity contribution in [1.82, 2.24) is 9.88 Å². The van der Waals surface area contributed by atoms with E-state index in [2.05, 4.69) is 25.8 Å². The number of aromatic nitrogens is 1. The molecule has 0 unspecified atom stereocenters. The van der Waals surface area contributed by atoms with E-state index in [4.69, 9.17) is 0 Å². The zero-order chi connectivity index (χ0) is 14.7. The molecule has 1 aliphatic rings. The minimum Gasteiger partial charge on any atom is -0.392 e. The summed E-state index contributed by atoms with van der Waals surface area (Å²) in [6, 6.07) is 0. The van der Waals surface area contributed by atoms with Gasteiger partial charge in [0.2, 0.25) is 0 Å². The average Bonchev–Trinajstić information content (AvgIpc) is 2.39. The lowest BCUT2D eigenvalue weighted by Gasteiger charge is -2.36. The van der Waals surface area contributed by atoms with Crippen molar-refractivity contribution in [2.75, 3.05) is 37.6 Å². The van der Waals surface area contributed by atoms with E-state index in [0.29, 0.717) is 29.8 Å². The molecule has 1 aliphatic heterocycles. The largest absolute Gasteiger partial charge is 0.392 e. The highest BCUT2D eigenvalue weighted by molar-refractivity contribution is 9.10. The van der Waals surface area contributed by atoms with Crippen molar-refractivity contribution in [3.63, 3.8) is 0 Å². The summed E-state index contributed by atoms with van der Waals surface area (Å²) in [5.41, 5.74) is 0.602. The molecule has 1 atom stereocenters. The normalized spacial score (nSPS) is 18.1. The van der Waals surface area contributed by atoms with Gasteiger partial charge in [-0.2, -0.15) is 0 Å². The van der Waals surface area contributed by atoms with Crippen molar-refractivity contribution in [2.45, 2.75) is 13.0 Å². The van der Waals surface area contributed by atoms with Crippen molar-refractivity contribution in [3.8, 4) is 0 Å². The molecule has 0 radical (unpaired) electrons. The van der Waals surface area contributed by atoms with Gasteiger partial charge in [0, 0.05) is 38.9 Å². The van der Waals surface area contributed by atoms with E-state index >= 15 is 0 Å². The Morgan fingerprint density at radius 1 is 1.45 bits per heavy atom. The van der Waals surface area contributed by atoms with Gasteiger partial charge in [0.1, 0.15) is 11.9 Å². The Morgan fingerprint density at radius 3 is 2.65 bits per heavy atom. The summed E-state index contributed by atoms with van der Waals surface area (Å²) < 4.78 is 0.635. The number of rotatable bonds is 4. The number of anilines is 1. The fraction of sp³-hybridized carbons (Fsp3) is 0.583. The first-order valence-electron chi connectivity index (χ1n) is 6.42. The van der Waals surface area contributed by atoms with Crippen LogP contribution >= 0.6 is 15.9 Å². The maximum absolute atomic E-state index is 11.1. The maximum atomic E-state index is 11.1. The maximum Gasteiger partial charge on any atom is 0.311 e. The second-order valence-electron chi connectivity index (χ2n) is 4.88. The van der Waals surface area contributed by atoms with Crippen molar-refractivity contribution >= 4 is 27.3 Å². The van der Waals surface area contributed by atoms with Gasteiger partial charge in [0.15, 0.2) is 0 Å². The Hall–Kier alpha value is -1.25. The average molecular weight is 345 g/mol. The molecule has 8 heteroatoms. The fourth-order valence-corrected chi connectivity index (χ4v) is 2.96. The third-order valence-electron chi connectivity index (χ3n) is 3.26. The van der Waals surface area contributed by atoms with E-state index in [9.17, 15) is 15.2 Å². The Labute approximate surface area is 125 Å². The van der Waals surface area contributed by atoms with E-state index in [1.807, 2.05) is 4.90 Å². The highest BCUT2D eigenvalue weighted by atomic mass is 79.9. The number of piperazine rings is 1. The van der Waals surface area contributed by atoms with Crippen molar-refractivity contribution in [2.24, 2.45) is 0 Å². The van der Waals surface area contributed by atoms with Crippen LogP contribution in [0.4, 0.5) is 11.4 Å². The Balaban J connectivity index is 2.13. The summed E-state index contributed by atoms with van der Waals surface area (Å²) in [6.07, 6.45) is 2.50. The lowest BCUT2D eigenvalue weighted by atomic mass is 10.2. The SMILES string of the molecule is C[C@@H](O)CN1CCN(c2c(Br)cncc2[N+](=O)[O-])CC1. The fourth-order valence-electron chi connectivity index (χ4n) is 2.39. The summed E-state index contributed by atoms with van der Waals surface area (Å²) in [6.45, 7) is 5.32. The number of hydrogen-bond donors (Lipinski definition) is 1. The molecule has 0 aliphatic carbocycles. The summed E-state index contributed by atoms with van der Waals surface area (Å²) in [5, 5.41) is 20.5. The van der Waals surface area contributed by atoms with Crippen LogP contribution in [0.5, 0.6) is 0 Å². The Morgan fingerprint density at radius 2 is 2.10 bits per heavy atom. The first kappa shape index (κ1) is 15.1. The van der Waals surface area contributed by atoms with Crippen molar-refractivity contribution < 1.29 is 10.0 Å². The van der Waals surface area contributed by atoms with Gasteiger partial charge in [0.05, 0.1) is 15.5 Å². The predicted octanol–water partition coefficient (Wildman–Crippen LogP) is 1.26. The topological polar surface area (TPSA) is 82.7 Å². The Bertz CT molecular complexity index is 490. The molecule has 110 valence electrons. The number of halogens is 1. The van der Waals surface area contributed by atoms with Gasteiger partial charge in [-0.3, -0.25) is 20.0 Å². The summed E-state index contributed by atoms with van der Waals surface area (Å²) >= 11 is 3.34. The molecule has 20 heavy (non-hydrogen) atoms. The Kier molecular flexibility index (Phi) is 4.90. The number of nitrogens with zero attached hydrogens (tertiary/aromatic N) is 4. The first-order chi connectivity index (χ1) is 9.49. The number of aliphatic hydroxyl groups excluding tert-OH is 1. The molecule has 2 rings (SSSR count). The minimum atomic E-state index is -0.407. The molecule has 0 amide bonds. The molecule has 0 bridgehead atoms. The minimum absolute atomic E-state index is 0.0170. The van der Waals surface area contributed by atoms with E-state index < -0.39 is 4.92 Å². The monoisotopic (exact) mass is 344 g/mol. The van der Waals surface area contributed by atoms with Gasteiger partial charge in [-0.15, -0.1) is 0 Å². The zero-order valence-electron chi connectivity index (χ0n) is 11.2. The number of nitro groups is 1. The lowest BCUT2D eigenvalue weighted by molar-refractivity contribution is -0.384. The van der Waals surface area contributed by atoms with Crippen LogP contribution in [0.25, 0.3) is 0 Å². The van der Waals surface area contributed by atoms with Crippen LogP contribution in [-0.4, -0.2) is 58.7 Å². The molecular weight excluding hydrogens is 328 g/mol. The van der Waals surface area contributed by atoms with E-state index in [0.717, 1.165) is 13.1 Å². The van der Waals surface area contributed by atoms with E-state index in [1.54, 1.807) is 13.1 Å². The summed E-state index contributed by atoms with van der Waals surface area (Å²) in [4.78, 5) is 18.7. The number of aliphatic hydroxyl groups is 1. The first-order valence-corrected chi connectivity index (χ1v) is 7.21. The van der Waals surface area contributed by atoms with Crippen LogP contribution in [0, 0.1) is 10.1 Å². The molecule has 1 aromatic heterocycles. The van der Waals surface area contributed by atoms with Crippen LogP contribution in [0.2, 0.25) is 0 Å². The van der Waals surface area contributed by atoms with Crippen LogP contribution in [0.3, 0.4) is 0 Å². The number of hydrogen-bond acceptors (Lipinski definition) is 6. The third-order valence-corrected chi connectivity index (χ3v) is 3.84. The smallest absolute Gasteiger partial charge is 0.311 e. The highest BCUT2D eigenvalue weighted by Crippen LogP contribution is 2.35. The molecule has 7 nitrogen and oxygen atoms in total. The van der Waals surface area contributed by atoms with Crippen LogP contribution in [0.15, 0.2) is 16.9 Å². The molecular formula is C12H17BrN4O3. The molecule has 1 N–H and O–H groups in total. The van der Waals surface area contributed by atoms with Gasteiger partial charge < -0.3 is 10.0 Å². The van der Waals surface area contributed by atoms with Gasteiger partial charge in [-0.1, -0.05) is 0 Å². The third kappa shape index (κ3) is 3.44. The molecule has 0 aromatic carbocycles. The lowest BCUT2D eigenvalue weighted by Crippen LogP contribution is -2.48. The number of pyridine rings is 1. The standard InChI is InChI=1S/C12H17BrN4O3/c1-9(18)8-15-2-4-16(5-3-15)12-10(13)6-14-7-11(12)17(19)20/h6-7,9,18H,2-5,8H2,1H3/t9-/m1/s1. The van der Waals surface area contributed by atoms with Crippen molar-refractivity contribution in [3.05, 3.63) is 27.0 Å². The number of β-amino-alcohol motifs (C(OH)–C–C–N with tert-alkyl or cyclic N) is 1. The molecule has 1 saturated heterocycles. The molecule has 2 heterocycles. The predicted molar refractivity (Wildman–Crippen MR) is 78.9 cm³/mol. The second kappa shape index (κ2) is 6.47. The molecule has 1 fully saturated rings. The van der Waals surface area contributed by atoms with Crippen molar-refractivity contribution in [1.29, 1.82) is 0 Å². The highest BCUT2D eigenvalue weighted by Gasteiger charge is 2.26. The summed E-state index contributed by atoms with van der Waals surface area (Å²) in [7, 11) is 0. The van der Waals surface area contributed by atoms with E-state index in [1.165, 1.54) is 6.20 Å². The second-order valence-corrected chi connectivity index (χ2v) is 5.74. The molecule has 0 spiro atoms. The van der Waals surface area contributed by atoms with Gasteiger partial charge >= 0.3 is 5.69 Å². The summed E-state index contributed by atoms with van der Waals surface area (Å²) in [5.74, 6) is 0. The van der Waals surface area contributed by atoms with E-state index in [-0.39, 0.29) is 11.8 Å². The van der Waals surface area contributed by atoms with Gasteiger partial charge in [-0.25, -0.2) is 0 Å². The molecule has 1 aromatic rings. The van der Waals surface area contributed by atoms with Crippen LogP contribution < -0.4 is 4.90 Å². The van der Waals surface area contributed by atoms with Crippen LogP contribution in [-0.2, 0) is 0 Å². The zero-order valence-corrected chi connectivity index (χ0v) is 12.8. The van der Waals surface area contributed by atoms with Gasteiger partial charge in [0.25, 0.3) is 0 Å².